The Hall–Kier alpha value is -0.280. The molecule has 0 bridgehead atoms. The molecule has 2 fully saturated rings. The first-order valence-corrected chi connectivity index (χ1v) is 8.32. The zero-order chi connectivity index (χ0) is 14.0. The van der Waals surface area contributed by atoms with Crippen LogP contribution in [0.1, 0.15) is 37.7 Å². The van der Waals surface area contributed by atoms with E-state index < -0.39 is 0 Å². The predicted octanol–water partition coefficient (Wildman–Crippen LogP) is 0.616. The third-order valence-corrected chi connectivity index (χ3v) is 5.68. The number of aliphatic hydroxyl groups excluding tert-OH is 1. The average Bonchev–Trinajstić information content (AvgIpc) is 2.49. The second-order valence-electron chi connectivity index (χ2n) is 6.60. The molecule has 4 heteroatoms. The van der Waals surface area contributed by atoms with Crippen LogP contribution in [-0.2, 0) is 6.54 Å². The van der Waals surface area contributed by atoms with E-state index in [4.69, 9.17) is 11.6 Å². The van der Waals surface area contributed by atoms with Crippen molar-refractivity contribution < 1.29 is 22.0 Å². The van der Waals surface area contributed by atoms with Crippen LogP contribution in [0, 0.1) is 5.92 Å². The van der Waals surface area contributed by atoms with Gasteiger partial charge in [0.15, 0.2) is 0 Å². The predicted molar refractivity (Wildman–Crippen MR) is 82.6 cm³/mol. The molecule has 0 aliphatic carbocycles. The van der Waals surface area contributed by atoms with E-state index in [-0.39, 0.29) is 12.4 Å². The Kier molecular flexibility index (Phi) is 5.96. The van der Waals surface area contributed by atoms with Gasteiger partial charge in [0, 0.05) is 22.9 Å². The molecule has 1 aromatic carbocycles. The number of hydrogen-bond acceptors (Lipinski definition) is 1. The summed E-state index contributed by atoms with van der Waals surface area (Å²) in [5, 5.41) is 10.5. The van der Waals surface area contributed by atoms with Gasteiger partial charge in [-0.25, -0.2) is 0 Å². The lowest BCUT2D eigenvalue weighted by Crippen LogP contribution is -3.00. The Morgan fingerprint density at radius 1 is 1.05 bits per heavy atom. The van der Waals surface area contributed by atoms with E-state index in [1.807, 2.05) is 12.1 Å². The fourth-order valence-electron chi connectivity index (χ4n) is 4.48. The molecule has 1 unspecified atom stereocenters. The molecule has 118 valence electrons. The van der Waals surface area contributed by atoms with Gasteiger partial charge >= 0.3 is 0 Å². The standard InChI is InChI=1S/C17H25ClNO.ClH/c18-16-8-6-14(7-9-16)12-19-10-2-1-5-17(19)15(13-20)4-3-11-19;/h6-9,15,17,20H,1-5,10-13H2;1H/q+1;/p-1/t15-,17+,19?;/m0./s1. The molecule has 0 radical (unpaired) electrons. The molecule has 0 spiro atoms. The highest BCUT2D eigenvalue weighted by Gasteiger charge is 2.45. The third-order valence-electron chi connectivity index (χ3n) is 5.42. The van der Waals surface area contributed by atoms with Crippen LogP contribution in [0.4, 0.5) is 0 Å². The average molecular weight is 330 g/mol. The molecular weight excluding hydrogens is 305 g/mol. The minimum Gasteiger partial charge on any atom is -1.00 e. The van der Waals surface area contributed by atoms with Crippen LogP contribution >= 0.6 is 11.6 Å². The molecule has 0 amide bonds. The molecule has 21 heavy (non-hydrogen) atoms. The van der Waals surface area contributed by atoms with Crippen molar-refractivity contribution in [3.05, 3.63) is 34.9 Å². The van der Waals surface area contributed by atoms with Crippen LogP contribution in [0.5, 0.6) is 0 Å². The number of halogens is 2. The maximum Gasteiger partial charge on any atom is 0.105 e. The molecule has 1 N–H and O–H groups in total. The van der Waals surface area contributed by atoms with E-state index in [9.17, 15) is 5.11 Å². The smallest absolute Gasteiger partial charge is 0.105 e. The summed E-state index contributed by atoms with van der Waals surface area (Å²) in [6.07, 6.45) is 6.43. The minimum absolute atomic E-state index is 0. The van der Waals surface area contributed by atoms with Crippen LogP contribution in [0.3, 0.4) is 0 Å². The van der Waals surface area contributed by atoms with Gasteiger partial charge in [0.05, 0.1) is 25.7 Å². The maximum absolute atomic E-state index is 9.72. The van der Waals surface area contributed by atoms with E-state index in [1.165, 1.54) is 55.2 Å². The second-order valence-corrected chi connectivity index (χ2v) is 7.03. The number of aliphatic hydroxyl groups is 1. The van der Waals surface area contributed by atoms with E-state index in [2.05, 4.69) is 12.1 Å². The summed E-state index contributed by atoms with van der Waals surface area (Å²) in [5.41, 5.74) is 1.39. The highest BCUT2D eigenvalue weighted by atomic mass is 35.5. The third kappa shape index (κ3) is 3.56. The Bertz CT molecular complexity index is 447. The lowest BCUT2D eigenvalue weighted by molar-refractivity contribution is -0.976. The maximum atomic E-state index is 9.72. The highest BCUT2D eigenvalue weighted by molar-refractivity contribution is 6.30. The first-order valence-electron chi connectivity index (χ1n) is 7.95. The van der Waals surface area contributed by atoms with E-state index in [1.54, 1.807) is 0 Å². The molecule has 2 nitrogen and oxygen atoms in total. The van der Waals surface area contributed by atoms with Crippen molar-refractivity contribution >= 4 is 11.6 Å². The Morgan fingerprint density at radius 3 is 2.48 bits per heavy atom. The number of quaternary nitrogens is 1. The first-order chi connectivity index (χ1) is 9.73. The molecule has 2 aliphatic rings. The number of benzene rings is 1. The van der Waals surface area contributed by atoms with Crippen LogP contribution in [0.2, 0.25) is 5.02 Å². The largest absolute Gasteiger partial charge is 1.00 e. The molecule has 1 aromatic rings. The van der Waals surface area contributed by atoms with E-state index >= 15 is 0 Å². The van der Waals surface area contributed by atoms with Gasteiger partial charge < -0.3 is 22.0 Å². The normalized spacial score (nSPS) is 32.1. The SMILES string of the molecule is OC[C@@H]1CCC[N+]2(Cc3ccc(Cl)cc3)CCCC[C@H]12.[Cl-]. The van der Waals surface area contributed by atoms with Crippen molar-refractivity contribution in [1.29, 1.82) is 0 Å². The Balaban J connectivity index is 0.00000161. The van der Waals surface area contributed by atoms with Gasteiger partial charge in [-0.3, -0.25) is 0 Å². The number of piperidine rings is 2. The molecule has 2 heterocycles. The monoisotopic (exact) mass is 329 g/mol. The summed E-state index contributed by atoms with van der Waals surface area (Å²) >= 11 is 6.00. The van der Waals surface area contributed by atoms with Crippen molar-refractivity contribution in [2.75, 3.05) is 19.7 Å². The van der Waals surface area contributed by atoms with Crippen LogP contribution in [-0.4, -0.2) is 35.3 Å². The van der Waals surface area contributed by atoms with Gasteiger partial charge in [-0.2, -0.15) is 0 Å². The van der Waals surface area contributed by atoms with Gasteiger partial charge in [-0.1, -0.05) is 23.7 Å². The molecule has 3 atom stereocenters. The van der Waals surface area contributed by atoms with E-state index in [0.717, 1.165) is 11.6 Å². The number of nitrogens with zero attached hydrogens (tertiary/aromatic N) is 1. The van der Waals surface area contributed by atoms with Crippen LogP contribution in [0.25, 0.3) is 0 Å². The Morgan fingerprint density at radius 2 is 1.76 bits per heavy atom. The highest BCUT2D eigenvalue weighted by Crippen LogP contribution is 2.39. The summed E-state index contributed by atoms with van der Waals surface area (Å²) in [6, 6.07) is 9.01. The summed E-state index contributed by atoms with van der Waals surface area (Å²) in [7, 11) is 0. The minimum atomic E-state index is 0. The summed E-state index contributed by atoms with van der Waals surface area (Å²) in [5.74, 6) is 0.511. The van der Waals surface area contributed by atoms with Gasteiger partial charge in [0.2, 0.25) is 0 Å². The van der Waals surface area contributed by atoms with Gasteiger partial charge in [0.25, 0.3) is 0 Å². The van der Waals surface area contributed by atoms with E-state index in [0.29, 0.717) is 18.6 Å². The summed E-state index contributed by atoms with van der Waals surface area (Å²) < 4.78 is 1.20. The summed E-state index contributed by atoms with van der Waals surface area (Å²) in [6.45, 7) is 4.04. The number of fused-ring (bicyclic) bond motifs is 1. The topological polar surface area (TPSA) is 20.2 Å². The van der Waals surface area contributed by atoms with Crippen molar-refractivity contribution in [3.8, 4) is 0 Å². The zero-order valence-electron chi connectivity index (χ0n) is 12.5. The van der Waals surface area contributed by atoms with Crippen molar-refractivity contribution in [2.24, 2.45) is 5.92 Å². The van der Waals surface area contributed by atoms with Crippen LogP contribution < -0.4 is 12.4 Å². The molecule has 0 saturated carbocycles. The van der Waals surface area contributed by atoms with Gasteiger partial charge in [-0.15, -0.1) is 0 Å². The van der Waals surface area contributed by atoms with Crippen molar-refractivity contribution in [1.82, 2.24) is 0 Å². The Labute approximate surface area is 139 Å². The fraction of sp³-hybridized carbons (Fsp3) is 0.647. The van der Waals surface area contributed by atoms with Gasteiger partial charge in [0.1, 0.15) is 6.54 Å². The van der Waals surface area contributed by atoms with Gasteiger partial charge in [-0.05, 0) is 37.8 Å². The second kappa shape index (κ2) is 7.32. The first kappa shape index (κ1) is 17.1. The fourth-order valence-corrected chi connectivity index (χ4v) is 4.61. The molecule has 2 saturated heterocycles. The zero-order valence-corrected chi connectivity index (χ0v) is 14.0. The summed E-state index contributed by atoms with van der Waals surface area (Å²) in [4.78, 5) is 0. The lowest BCUT2D eigenvalue weighted by atomic mass is 9.81. The van der Waals surface area contributed by atoms with Crippen LogP contribution in [0.15, 0.2) is 24.3 Å². The quantitative estimate of drug-likeness (QED) is 0.806. The number of rotatable bonds is 3. The lowest BCUT2D eigenvalue weighted by Gasteiger charge is -2.53. The van der Waals surface area contributed by atoms with Crippen molar-refractivity contribution in [3.63, 3.8) is 0 Å². The number of hydrogen-bond donors (Lipinski definition) is 1. The van der Waals surface area contributed by atoms with Crippen molar-refractivity contribution in [2.45, 2.75) is 44.7 Å². The molecule has 3 rings (SSSR count). The molecular formula is C17H25Cl2NO. The molecule has 2 aliphatic heterocycles. The molecule has 0 aromatic heterocycles.